The second kappa shape index (κ2) is 21.7. The third-order valence-electron chi connectivity index (χ3n) is 15.1. The maximum absolute atomic E-state index is 13.6. The van der Waals surface area contributed by atoms with Gasteiger partial charge >= 0.3 is 23.9 Å². The normalized spacial score (nSPS) is 18.7. The van der Waals surface area contributed by atoms with Gasteiger partial charge in [-0.05, 0) is 117 Å². The van der Waals surface area contributed by atoms with Crippen LogP contribution in [0.2, 0.25) is 0 Å². The summed E-state index contributed by atoms with van der Waals surface area (Å²) in [6.07, 6.45) is 9.63. The average Bonchev–Trinajstić information content (AvgIpc) is 4.05. The van der Waals surface area contributed by atoms with E-state index in [1.807, 2.05) is 133 Å². The van der Waals surface area contributed by atoms with Crippen LogP contribution in [0.15, 0.2) is 146 Å². The van der Waals surface area contributed by atoms with E-state index in [9.17, 15) is 29.4 Å². The Kier molecular flexibility index (Phi) is 14.9. The summed E-state index contributed by atoms with van der Waals surface area (Å²) in [5.74, 6) is -3.39. The minimum atomic E-state index is -1.20. The zero-order valence-electron chi connectivity index (χ0n) is 40.6. The van der Waals surface area contributed by atoms with E-state index in [2.05, 4.69) is 13.8 Å². The number of phenolic OH excluding ortho intramolecular Hbond substituents is 2. The number of carbonyl (C=O) groups excluding carboxylic acids is 2. The van der Waals surface area contributed by atoms with Gasteiger partial charge in [-0.15, -0.1) is 0 Å². The number of benzene rings is 8. The minimum Gasteiger partial charge on any atom is -0.507 e. The first kappa shape index (κ1) is 49.3. The Balaban J connectivity index is 0.000000148. The van der Waals surface area contributed by atoms with Crippen LogP contribution in [0, 0.1) is 35.5 Å². The highest BCUT2D eigenvalue weighted by molar-refractivity contribution is 6.12. The van der Waals surface area contributed by atoms with Crippen LogP contribution in [0.1, 0.15) is 78.1 Å². The van der Waals surface area contributed by atoms with E-state index in [1.54, 1.807) is 12.1 Å². The second-order valence-corrected chi connectivity index (χ2v) is 19.6. The number of hydrogen-bond donors (Lipinski definition) is 4. The average molecular weight is 965 g/mol. The van der Waals surface area contributed by atoms with Crippen LogP contribution in [0.4, 0.5) is 0 Å². The van der Waals surface area contributed by atoms with Gasteiger partial charge in [-0.1, -0.05) is 174 Å². The fourth-order valence-corrected chi connectivity index (χ4v) is 11.7. The van der Waals surface area contributed by atoms with Gasteiger partial charge in [0.1, 0.15) is 23.0 Å². The molecule has 368 valence electrons. The SMILES string of the molecule is CCCC1CCC(C(C(=O)O)C(=O)O)C1.CCCC1CCC(C2C(=O)Oc3ccc4ccccc4c3-c3c(ccc4ccccc34)OC2=O)C1.Oc1ccc2ccccc2c1-c1c(O)ccc2ccccc12. The molecule has 4 atom stereocenters. The zero-order chi connectivity index (χ0) is 50.5. The summed E-state index contributed by atoms with van der Waals surface area (Å²) in [5, 5.41) is 46.4. The predicted molar refractivity (Wildman–Crippen MR) is 282 cm³/mol. The molecule has 4 unspecified atom stereocenters. The third-order valence-corrected chi connectivity index (χ3v) is 15.1. The van der Waals surface area contributed by atoms with Gasteiger partial charge in [0.05, 0.1) is 0 Å². The van der Waals surface area contributed by atoms with Crippen LogP contribution in [-0.4, -0.2) is 44.3 Å². The molecule has 0 aromatic heterocycles. The summed E-state index contributed by atoms with van der Waals surface area (Å²) < 4.78 is 12.2. The molecule has 10 nitrogen and oxygen atoms in total. The Morgan fingerprint density at radius 2 is 0.861 bits per heavy atom. The van der Waals surface area contributed by atoms with E-state index in [4.69, 9.17) is 19.7 Å². The van der Waals surface area contributed by atoms with Crippen LogP contribution in [0.3, 0.4) is 0 Å². The molecule has 10 heteroatoms. The largest absolute Gasteiger partial charge is 0.507 e. The molecule has 0 spiro atoms. The van der Waals surface area contributed by atoms with Gasteiger partial charge in [0.2, 0.25) is 0 Å². The highest BCUT2D eigenvalue weighted by atomic mass is 16.6. The molecule has 0 amide bonds. The summed E-state index contributed by atoms with van der Waals surface area (Å²) >= 11 is 0. The lowest BCUT2D eigenvalue weighted by molar-refractivity contribution is -0.158. The quantitative estimate of drug-likeness (QED) is 0.0621. The lowest BCUT2D eigenvalue weighted by Gasteiger charge is -2.20. The number of hydrogen-bond acceptors (Lipinski definition) is 8. The third kappa shape index (κ3) is 10.1. The van der Waals surface area contributed by atoms with Crippen molar-refractivity contribution in [3.8, 4) is 45.3 Å². The molecule has 2 fully saturated rings. The van der Waals surface area contributed by atoms with E-state index in [0.29, 0.717) is 34.5 Å². The van der Waals surface area contributed by atoms with Crippen LogP contribution >= 0.6 is 0 Å². The highest BCUT2D eigenvalue weighted by Gasteiger charge is 2.43. The van der Waals surface area contributed by atoms with Crippen molar-refractivity contribution in [1.82, 2.24) is 0 Å². The van der Waals surface area contributed by atoms with Gasteiger partial charge in [0, 0.05) is 22.3 Å². The highest BCUT2D eigenvalue weighted by Crippen LogP contribution is 2.49. The van der Waals surface area contributed by atoms with Crippen LogP contribution in [0.5, 0.6) is 23.0 Å². The molecule has 8 aromatic carbocycles. The summed E-state index contributed by atoms with van der Waals surface area (Å²) in [6.45, 7) is 4.28. The lowest BCUT2D eigenvalue weighted by Crippen LogP contribution is -2.36. The Labute approximate surface area is 418 Å². The molecule has 8 aromatic rings. The van der Waals surface area contributed by atoms with Crippen molar-refractivity contribution in [2.45, 2.75) is 78.1 Å². The second-order valence-electron chi connectivity index (χ2n) is 19.6. The number of rotatable bonds is 9. The van der Waals surface area contributed by atoms with Crippen molar-refractivity contribution in [2.24, 2.45) is 35.5 Å². The standard InChI is InChI=1S/C31H28O4.C20H14O2.C11H18O4/c1-2-7-19-12-13-22(18-19)27-30(32)34-25-16-14-20-8-3-5-10-23(20)28(25)29-24-11-6-4-9-21(24)15-17-26(29)35-31(27)33;21-17-11-9-13-5-1-3-7-15(13)19(17)20-16-8-4-2-6-14(16)10-12-18(20)22;1-2-3-7-4-5-8(6-7)9(10(12)13)11(14)15/h3-6,8-11,14-17,19,22,27H,2,7,12-13,18H2,1H3;1-12,21-22H;7-9H,2-6H2,1H3,(H,12,13)(H,14,15). The molecule has 0 radical (unpaired) electrons. The van der Waals surface area contributed by atoms with E-state index in [0.717, 1.165) is 118 Å². The summed E-state index contributed by atoms with van der Waals surface area (Å²) in [7, 11) is 0. The fourth-order valence-electron chi connectivity index (χ4n) is 11.7. The summed E-state index contributed by atoms with van der Waals surface area (Å²) in [6, 6.07) is 46.5. The van der Waals surface area contributed by atoms with Gasteiger partial charge in [0.25, 0.3) is 0 Å². The van der Waals surface area contributed by atoms with Gasteiger partial charge in [-0.2, -0.15) is 0 Å². The monoisotopic (exact) mass is 964 g/mol. The van der Waals surface area contributed by atoms with Gasteiger partial charge in [-0.3, -0.25) is 19.2 Å². The van der Waals surface area contributed by atoms with Crippen molar-refractivity contribution in [3.05, 3.63) is 146 Å². The molecule has 1 aliphatic heterocycles. The van der Waals surface area contributed by atoms with E-state index in [1.165, 1.54) is 0 Å². The Hall–Kier alpha value is -7.72. The number of ether oxygens (including phenoxy) is 2. The summed E-state index contributed by atoms with van der Waals surface area (Å²) in [4.78, 5) is 48.8. The van der Waals surface area contributed by atoms with Gasteiger partial charge in [-0.25, -0.2) is 0 Å². The molecule has 72 heavy (non-hydrogen) atoms. The Morgan fingerprint density at radius 1 is 0.486 bits per heavy atom. The van der Waals surface area contributed by atoms with Crippen molar-refractivity contribution in [2.75, 3.05) is 0 Å². The lowest BCUT2D eigenvalue weighted by atomic mass is 9.89. The number of carboxylic acids is 2. The predicted octanol–water partition coefficient (Wildman–Crippen LogP) is 14.4. The number of fused-ring (bicyclic) bond motifs is 9. The summed E-state index contributed by atoms with van der Waals surface area (Å²) in [5.41, 5.74) is 2.92. The van der Waals surface area contributed by atoms with Crippen LogP contribution in [-0.2, 0) is 19.2 Å². The first-order valence-corrected chi connectivity index (χ1v) is 25.3. The molecule has 2 aliphatic carbocycles. The molecule has 0 bridgehead atoms. The number of esters is 2. The topological polar surface area (TPSA) is 168 Å². The molecule has 11 rings (SSSR count). The molecular weight excluding hydrogens is 905 g/mol. The molecule has 4 N–H and O–H groups in total. The molecular formula is C62H60O10. The maximum atomic E-state index is 13.6. The Bertz CT molecular complexity index is 3120. The van der Waals surface area contributed by atoms with Crippen molar-refractivity contribution >= 4 is 67.0 Å². The first-order chi connectivity index (χ1) is 34.9. The van der Waals surface area contributed by atoms with Crippen molar-refractivity contribution < 1.29 is 49.1 Å². The van der Waals surface area contributed by atoms with E-state index < -0.39 is 35.7 Å². The molecule has 2 saturated carbocycles. The zero-order valence-corrected chi connectivity index (χ0v) is 40.6. The minimum absolute atomic E-state index is 0.0579. The van der Waals surface area contributed by atoms with Gasteiger partial charge < -0.3 is 29.9 Å². The number of carboxylic acid groups (broad SMARTS) is 2. The number of aromatic hydroxyl groups is 2. The van der Waals surface area contributed by atoms with Crippen LogP contribution in [0.25, 0.3) is 65.3 Å². The first-order valence-electron chi connectivity index (χ1n) is 25.3. The van der Waals surface area contributed by atoms with E-state index in [-0.39, 0.29) is 23.3 Å². The fraction of sp³-hybridized carbons (Fsp3) is 0.290. The van der Waals surface area contributed by atoms with Gasteiger partial charge in [0.15, 0.2) is 11.8 Å². The van der Waals surface area contributed by atoms with Crippen LogP contribution < -0.4 is 9.47 Å². The molecule has 3 aliphatic rings. The van der Waals surface area contributed by atoms with Crippen molar-refractivity contribution in [3.63, 3.8) is 0 Å². The molecule has 0 saturated heterocycles. The number of carbonyl (C=O) groups is 4. The Morgan fingerprint density at radius 3 is 1.28 bits per heavy atom. The molecule has 1 heterocycles. The van der Waals surface area contributed by atoms with E-state index >= 15 is 0 Å². The number of phenols is 2. The van der Waals surface area contributed by atoms with Crippen molar-refractivity contribution in [1.29, 1.82) is 0 Å². The smallest absolute Gasteiger partial charge is 0.326 e. The number of aliphatic carboxylic acids is 2. The maximum Gasteiger partial charge on any atom is 0.326 e.